The van der Waals surface area contributed by atoms with Crippen LogP contribution in [0.25, 0.3) is 10.9 Å². The van der Waals surface area contributed by atoms with Crippen molar-refractivity contribution >= 4 is 28.2 Å². The van der Waals surface area contributed by atoms with Gasteiger partial charge in [0, 0.05) is 35.9 Å². The Morgan fingerprint density at radius 3 is 2.79 bits per heavy atom. The van der Waals surface area contributed by atoms with E-state index in [1.807, 2.05) is 23.1 Å². The highest BCUT2D eigenvalue weighted by atomic mass is 16.6. The Bertz CT molecular complexity index is 1080. The summed E-state index contributed by atoms with van der Waals surface area (Å²) in [6, 6.07) is 14.8. The number of hydrogen-bond donors (Lipinski definition) is 1. The molecule has 1 amide bonds. The first-order valence-corrected chi connectivity index (χ1v) is 9.16. The molecule has 0 aliphatic carbocycles. The number of aryl methyl sites for hydroxylation is 1. The van der Waals surface area contributed by atoms with Gasteiger partial charge in [0.05, 0.1) is 11.5 Å². The molecule has 1 aliphatic rings. The first-order valence-electron chi connectivity index (χ1n) is 9.16. The highest BCUT2D eigenvalue weighted by molar-refractivity contribution is 5.97. The molecule has 0 fully saturated rings. The van der Waals surface area contributed by atoms with Crippen LogP contribution in [-0.4, -0.2) is 33.8 Å². The number of aromatic nitrogens is 1. The quantitative estimate of drug-likeness (QED) is 0.556. The second kappa shape index (κ2) is 7.26. The van der Waals surface area contributed by atoms with E-state index >= 15 is 0 Å². The third kappa shape index (κ3) is 3.38. The van der Waals surface area contributed by atoms with Crippen LogP contribution in [0.15, 0.2) is 48.5 Å². The van der Waals surface area contributed by atoms with E-state index in [2.05, 4.69) is 22.4 Å². The Morgan fingerprint density at radius 2 is 2.00 bits per heavy atom. The summed E-state index contributed by atoms with van der Waals surface area (Å²) in [6.45, 7) is 3.21. The summed E-state index contributed by atoms with van der Waals surface area (Å²) in [5.74, 6) is 0.00236. The molecule has 0 atom stereocenters. The van der Waals surface area contributed by atoms with Crippen molar-refractivity contribution in [2.75, 3.05) is 18.4 Å². The SMILES string of the molecule is Cc1cc(NCC(=O)N2CCc3ccccc3C2)c2cccc([N+](=O)[O-])c2n1. The number of fused-ring (bicyclic) bond motifs is 2. The van der Waals surface area contributed by atoms with Crippen molar-refractivity contribution in [3.05, 3.63) is 75.5 Å². The zero-order chi connectivity index (χ0) is 19.7. The van der Waals surface area contributed by atoms with E-state index in [1.165, 1.54) is 17.2 Å². The first kappa shape index (κ1) is 17.9. The number of carbonyl (C=O) groups is 1. The fourth-order valence-corrected chi connectivity index (χ4v) is 3.65. The minimum Gasteiger partial charge on any atom is -0.376 e. The standard InChI is InChI=1S/C21H20N4O3/c1-14-11-18(17-7-4-8-19(25(27)28)21(17)23-14)22-12-20(26)24-10-9-15-5-2-3-6-16(15)13-24/h2-8,11H,9-10,12-13H2,1H3,(H,22,23). The number of nitrogens with one attached hydrogen (secondary N) is 1. The fourth-order valence-electron chi connectivity index (χ4n) is 3.65. The molecule has 1 aliphatic heterocycles. The predicted molar refractivity (Wildman–Crippen MR) is 107 cm³/mol. The smallest absolute Gasteiger partial charge is 0.295 e. The van der Waals surface area contributed by atoms with Crippen LogP contribution in [0, 0.1) is 17.0 Å². The predicted octanol–water partition coefficient (Wildman–Crippen LogP) is 3.45. The first-order chi connectivity index (χ1) is 13.5. The number of non-ortho nitro benzene ring substituents is 1. The van der Waals surface area contributed by atoms with Gasteiger partial charge in [0.15, 0.2) is 5.52 Å². The Balaban J connectivity index is 1.54. The van der Waals surface area contributed by atoms with E-state index in [0.717, 1.165) is 6.42 Å². The second-order valence-corrected chi connectivity index (χ2v) is 6.93. The van der Waals surface area contributed by atoms with Crippen LogP contribution in [0.4, 0.5) is 11.4 Å². The molecular formula is C21H20N4O3. The molecule has 2 heterocycles. The van der Waals surface area contributed by atoms with Gasteiger partial charge >= 0.3 is 0 Å². The van der Waals surface area contributed by atoms with Gasteiger partial charge in [0.25, 0.3) is 5.69 Å². The number of nitro benzene ring substituents is 1. The number of carbonyl (C=O) groups excluding carboxylic acids is 1. The molecule has 28 heavy (non-hydrogen) atoms. The van der Waals surface area contributed by atoms with E-state index in [4.69, 9.17) is 0 Å². The molecule has 142 valence electrons. The molecule has 7 heteroatoms. The van der Waals surface area contributed by atoms with Crippen LogP contribution < -0.4 is 5.32 Å². The number of nitrogens with zero attached hydrogens (tertiary/aromatic N) is 3. The Hall–Kier alpha value is -3.48. The second-order valence-electron chi connectivity index (χ2n) is 6.93. The number of para-hydroxylation sites is 1. The number of hydrogen-bond acceptors (Lipinski definition) is 5. The molecule has 0 unspecified atom stereocenters. The molecule has 0 saturated heterocycles. The molecular weight excluding hydrogens is 356 g/mol. The largest absolute Gasteiger partial charge is 0.376 e. The van der Waals surface area contributed by atoms with Crippen LogP contribution in [0.3, 0.4) is 0 Å². The van der Waals surface area contributed by atoms with Gasteiger partial charge in [-0.3, -0.25) is 14.9 Å². The monoisotopic (exact) mass is 376 g/mol. The maximum atomic E-state index is 12.7. The van der Waals surface area contributed by atoms with E-state index in [1.54, 1.807) is 19.1 Å². The Morgan fingerprint density at radius 1 is 1.21 bits per heavy atom. The highest BCUT2D eigenvalue weighted by Gasteiger charge is 2.21. The van der Waals surface area contributed by atoms with Gasteiger partial charge in [-0.25, -0.2) is 4.98 Å². The number of pyridine rings is 1. The van der Waals surface area contributed by atoms with Gasteiger partial charge < -0.3 is 10.2 Å². The lowest BCUT2D eigenvalue weighted by Gasteiger charge is -2.29. The van der Waals surface area contributed by atoms with Crippen molar-refractivity contribution in [3.8, 4) is 0 Å². The van der Waals surface area contributed by atoms with E-state index in [0.29, 0.717) is 35.4 Å². The zero-order valence-corrected chi connectivity index (χ0v) is 15.5. The lowest BCUT2D eigenvalue weighted by atomic mass is 10.00. The van der Waals surface area contributed by atoms with E-state index in [9.17, 15) is 14.9 Å². The molecule has 7 nitrogen and oxygen atoms in total. The maximum Gasteiger partial charge on any atom is 0.295 e. The number of nitro groups is 1. The fraction of sp³-hybridized carbons (Fsp3) is 0.238. The van der Waals surface area contributed by atoms with Crippen molar-refractivity contribution in [1.29, 1.82) is 0 Å². The van der Waals surface area contributed by atoms with Crippen LogP contribution in [0.1, 0.15) is 16.8 Å². The van der Waals surface area contributed by atoms with Crippen molar-refractivity contribution < 1.29 is 9.72 Å². The molecule has 2 aromatic carbocycles. The molecule has 1 N–H and O–H groups in total. The summed E-state index contributed by atoms with van der Waals surface area (Å²) in [5.41, 5.74) is 4.10. The lowest BCUT2D eigenvalue weighted by Crippen LogP contribution is -2.39. The Labute approximate surface area is 162 Å². The number of amides is 1. The zero-order valence-electron chi connectivity index (χ0n) is 15.5. The van der Waals surface area contributed by atoms with E-state index < -0.39 is 4.92 Å². The van der Waals surface area contributed by atoms with E-state index in [-0.39, 0.29) is 18.1 Å². The number of anilines is 1. The molecule has 4 rings (SSSR count). The average Bonchev–Trinajstić information content (AvgIpc) is 2.70. The molecule has 0 radical (unpaired) electrons. The number of benzene rings is 2. The average molecular weight is 376 g/mol. The van der Waals surface area contributed by atoms with Crippen molar-refractivity contribution in [3.63, 3.8) is 0 Å². The lowest BCUT2D eigenvalue weighted by molar-refractivity contribution is -0.383. The molecule has 0 bridgehead atoms. The van der Waals surface area contributed by atoms with Gasteiger partial charge in [-0.15, -0.1) is 0 Å². The summed E-state index contributed by atoms with van der Waals surface area (Å²) >= 11 is 0. The molecule has 3 aromatic rings. The van der Waals surface area contributed by atoms with Crippen molar-refractivity contribution in [2.45, 2.75) is 19.9 Å². The summed E-state index contributed by atoms with van der Waals surface area (Å²) in [6.07, 6.45) is 0.853. The normalized spacial score (nSPS) is 13.2. The van der Waals surface area contributed by atoms with Gasteiger partial charge in [-0.1, -0.05) is 36.4 Å². The molecule has 1 aromatic heterocycles. The van der Waals surface area contributed by atoms with Gasteiger partial charge in [0.2, 0.25) is 5.91 Å². The van der Waals surface area contributed by atoms with Gasteiger partial charge in [-0.05, 0) is 30.5 Å². The minimum atomic E-state index is -0.436. The van der Waals surface area contributed by atoms with Crippen LogP contribution in [0.2, 0.25) is 0 Å². The highest BCUT2D eigenvalue weighted by Crippen LogP contribution is 2.29. The van der Waals surface area contributed by atoms with Crippen LogP contribution >= 0.6 is 0 Å². The summed E-state index contributed by atoms with van der Waals surface area (Å²) in [5, 5.41) is 15.1. The summed E-state index contributed by atoms with van der Waals surface area (Å²) in [4.78, 5) is 29.7. The summed E-state index contributed by atoms with van der Waals surface area (Å²) < 4.78 is 0. The van der Waals surface area contributed by atoms with Crippen LogP contribution in [0.5, 0.6) is 0 Å². The van der Waals surface area contributed by atoms with Gasteiger partial charge in [0.1, 0.15) is 0 Å². The van der Waals surface area contributed by atoms with Gasteiger partial charge in [-0.2, -0.15) is 0 Å². The van der Waals surface area contributed by atoms with Crippen molar-refractivity contribution in [1.82, 2.24) is 9.88 Å². The maximum absolute atomic E-state index is 12.7. The third-order valence-electron chi connectivity index (χ3n) is 5.06. The topological polar surface area (TPSA) is 88.4 Å². The molecule has 0 spiro atoms. The van der Waals surface area contributed by atoms with Crippen molar-refractivity contribution in [2.24, 2.45) is 0 Å². The minimum absolute atomic E-state index is 0.00236. The third-order valence-corrected chi connectivity index (χ3v) is 5.06. The summed E-state index contributed by atoms with van der Waals surface area (Å²) in [7, 11) is 0. The number of rotatable bonds is 4. The molecule has 0 saturated carbocycles. The Kier molecular flexibility index (Phi) is 4.65. The van der Waals surface area contributed by atoms with Crippen LogP contribution in [-0.2, 0) is 17.8 Å².